The first-order chi connectivity index (χ1) is 24.2. The van der Waals surface area contributed by atoms with Crippen LogP contribution in [0.5, 0.6) is 11.5 Å². The van der Waals surface area contributed by atoms with E-state index >= 15 is 0 Å². The van der Waals surface area contributed by atoms with Gasteiger partial charge in [0.2, 0.25) is 5.78 Å². The highest BCUT2D eigenvalue weighted by molar-refractivity contribution is 6.25. The maximum absolute atomic E-state index is 14.8. The Labute approximate surface area is 302 Å². The third-order valence-electron chi connectivity index (χ3n) is 10.3. The number of primary amides is 1. The van der Waals surface area contributed by atoms with Crippen LogP contribution in [0.1, 0.15) is 50.8 Å². The molecule has 2 aromatic rings. The number of amides is 3. The lowest BCUT2D eigenvalue weighted by atomic mass is 9.45. The zero-order valence-corrected chi connectivity index (χ0v) is 30.2. The maximum Gasteiger partial charge on any atom is 0.315 e. The number of hydrogen-bond acceptors (Lipinski definition) is 10. The highest BCUT2D eigenvalue weighted by Gasteiger charge is 2.73. The van der Waals surface area contributed by atoms with Gasteiger partial charge in [0.1, 0.15) is 28.6 Å². The molecule has 2 aromatic carbocycles. The number of nitrogens with zero attached hydrogens (tertiary/aromatic N) is 1. The van der Waals surface area contributed by atoms with Crippen molar-refractivity contribution in [1.29, 1.82) is 0 Å². The predicted octanol–water partition coefficient (Wildman–Crippen LogP) is 3.74. The molecule has 0 spiro atoms. The molecule has 3 aliphatic carbocycles. The minimum Gasteiger partial charge on any atom is -0.508 e. The Kier molecular flexibility index (Phi) is 9.45. The number of carbonyl (C=O) groups is 4. The van der Waals surface area contributed by atoms with E-state index in [0.29, 0.717) is 34.6 Å². The number of allylic oxidation sites excluding steroid dienone is 1. The molecule has 0 bridgehead atoms. The first kappa shape index (κ1) is 37.8. The number of urea groups is 1. The van der Waals surface area contributed by atoms with Crippen LogP contribution >= 0.6 is 0 Å². The number of phenols is 1. The summed E-state index contributed by atoms with van der Waals surface area (Å²) >= 11 is 0. The number of benzene rings is 2. The average Bonchev–Trinajstić information content (AvgIpc) is 3.05. The Balaban J connectivity index is 1.74. The molecule has 1 fully saturated rings. The third-order valence-corrected chi connectivity index (χ3v) is 10.3. The molecule has 0 saturated heterocycles. The standard InChI is InChI=1S/C39H46N4O9/c1-9-37-17-23-22(20-12-15-25(52-11-3)21(16-20)18-41-35(50)42-36(4,5)6)13-14-24(44)26(23)29(45)28(37)33(48)39(51)32(47)27(34(40)49)30(46)31(43(7)8)38(39,10-2)19-37/h9-10,12-16,31,44-45,47,51H,1-2,11,17-19H2,3-8H3,(H2,40,49)(H2,41,42,50)/t31?,37-,38?,39+/m0/s1. The smallest absolute Gasteiger partial charge is 0.315 e. The van der Waals surface area contributed by atoms with Gasteiger partial charge < -0.3 is 41.5 Å². The summed E-state index contributed by atoms with van der Waals surface area (Å²) in [6.07, 6.45) is 2.33. The number of fused-ring (bicyclic) bond motifs is 3. The highest BCUT2D eigenvalue weighted by atomic mass is 16.5. The van der Waals surface area contributed by atoms with Gasteiger partial charge in [0.05, 0.1) is 29.2 Å². The molecule has 13 heteroatoms. The van der Waals surface area contributed by atoms with Gasteiger partial charge >= 0.3 is 6.03 Å². The van der Waals surface area contributed by atoms with Crippen LogP contribution in [0.15, 0.2) is 72.5 Å². The van der Waals surface area contributed by atoms with E-state index < -0.39 is 62.6 Å². The molecule has 5 rings (SSSR count). The van der Waals surface area contributed by atoms with Gasteiger partial charge in [-0.2, -0.15) is 0 Å². The van der Waals surface area contributed by atoms with E-state index in [0.717, 1.165) is 0 Å². The summed E-state index contributed by atoms with van der Waals surface area (Å²) in [5.74, 6) is -5.20. The van der Waals surface area contributed by atoms with Crippen molar-refractivity contribution < 1.29 is 44.3 Å². The number of aliphatic hydroxyl groups excluding tert-OH is 2. The predicted molar refractivity (Wildman–Crippen MR) is 194 cm³/mol. The Morgan fingerprint density at radius 2 is 1.77 bits per heavy atom. The number of nitrogens with two attached hydrogens (primary N) is 1. The van der Waals surface area contributed by atoms with Crippen molar-refractivity contribution in [3.05, 3.63) is 89.2 Å². The van der Waals surface area contributed by atoms with Gasteiger partial charge in [-0.3, -0.25) is 19.3 Å². The number of Topliss-reactive ketones (excluding diaryl/α,β-unsaturated/α-hetero) is 2. The van der Waals surface area contributed by atoms with Gasteiger partial charge in [0, 0.05) is 23.1 Å². The summed E-state index contributed by atoms with van der Waals surface area (Å²) in [5.41, 5.74) is -0.497. The van der Waals surface area contributed by atoms with E-state index in [1.54, 1.807) is 18.2 Å². The van der Waals surface area contributed by atoms with Crippen LogP contribution < -0.4 is 21.1 Å². The number of nitrogens with one attached hydrogen (secondary N) is 2. The van der Waals surface area contributed by atoms with E-state index in [-0.39, 0.29) is 42.3 Å². The highest BCUT2D eigenvalue weighted by Crippen LogP contribution is 2.64. The van der Waals surface area contributed by atoms with Gasteiger partial charge in [0.15, 0.2) is 11.4 Å². The van der Waals surface area contributed by atoms with Crippen molar-refractivity contribution in [2.24, 2.45) is 16.6 Å². The zero-order valence-electron chi connectivity index (χ0n) is 30.2. The van der Waals surface area contributed by atoms with Crippen LogP contribution in [0.4, 0.5) is 4.79 Å². The summed E-state index contributed by atoms with van der Waals surface area (Å²) in [4.78, 5) is 55.2. The van der Waals surface area contributed by atoms with Crippen molar-refractivity contribution in [3.63, 3.8) is 0 Å². The summed E-state index contributed by atoms with van der Waals surface area (Å²) < 4.78 is 5.85. The fourth-order valence-corrected chi connectivity index (χ4v) is 8.19. The first-order valence-electron chi connectivity index (χ1n) is 16.8. The minimum absolute atomic E-state index is 0.0529. The van der Waals surface area contributed by atoms with Crippen molar-refractivity contribution in [3.8, 4) is 22.6 Å². The van der Waals surface area contributed by atoms with E-state index in [1.807, 2.05) is 33.8 Å². The van der Waals surface area contributed by atoms with Gasteiger partial charge in [-0.05, 0) is 89.5 Å². The van der Waals surface area contributed by atoms with Crippen LogP contribution in [0, 0.1) is 10.8 Å². The number of likely N-dealkylation sites (N-methyl/N-ethyl adjacent to an activating group) is 1. The average molecular weight is 715 g/mol. The summed E-state index contributed by atoms with van der Waals surface area (Å²) in [6, 6.07) is 6.60. The number of aliphatic hydroxyl groups is 3. The number of ether oxygens (including phenoxy) is 1. The molecular formula is C39H46N4O9. The number of ketones is 2. The first-order valence-corrected chi connectivity index (χ1v) is 16.8. The summed E-state index contributed by atoms with van der Waals surface area (Å²) in [6.45, 7) is 15.8. The van der Waals surface area contributed by atoms with Crippen LogP contribution in [0.2, 0.25) is 0 Å². The number of rotatable bonds is 9. The Morgan fingerprint density at radius 1 is 1.10 bits per heavy atom. The van der Waals surface area contributed by atoms with E-state index in [4.69, 9.17) is 10.5 Å². The number of aromatic hydroxyl groups is 1. The van der Waals surface area contributed by atoms with Crippen LogP contribution in [0.25, 0.3) is 16.9 Å². The largest absolute Gasteiger partial charge is 0.508 e. The second-order valence-electron chi connectivity index (χ2n) is 14.8. The molecule has 1 saturated carbocycles. The topological polar surface area (TPSA) is 212 Å². The fourth-order valence-electron chi connectivity index (χ4n) is 8.19. The Bertz CT molecular complexity index is 1990. The Hall–Kier alpha value is -5.40. The molecule has 0 aliphatic heterocycles. The van der Waals surface area contributed by atoms with Gasteiger partial charge in [0.25, 0.3) is 5.91 Å². The summed E-state index contributed by atoms with van der Waals surface area (Å²) in [7, 11) is 3.03. The molecule has 2 unspecified atom stereocenters. The quantitative estimate of drug-likeness (QED) is 0.148. The fraction of sp³-hybridized carbons (Fsp3) is 0.385. The molecule has 13 nitrogen and oxygen atoms in total. The van der Waals surface area contributed by atoms with Gasteiger partial charge in [-0.15, -0.1) is 13.2 Å². The van der Waals surface area contributed by atoms with Crippen LogP contribution in [-0.2, 0) is 27.3 Å². The third kappa shape index (κ3) is 5.55. The normalized spacial score (nSPS) is 25.6. The molecule has 8 N–H and O–H groups in total. The molecule has 276 valence electrons. The van der Waals surface area contributed by atoms with Crippen molar-refractivity contribution in [2.45, 2.75) is 64.3 Å². The van der Waals surface area contributed by atoms with Crippen LogP contribution in [-0.4, -0.2) is 86.7 Å². The maximum atomic E-state index is 14.8. The molecule has 4 atom stereocenters. The van der Waals surface area contributed by atoms with Crippen molar-refractivity contribution in [1.82, 2.24) is 15.5 Å². The van der Waals surface area contributed by atoms with Crippen molar-refractivity contribution >= 4 is 29.3 Å². The Morgan fingerprint density at radius 3 is 2.33 bits per heavy atom. The lowest BCUT2D eigenvalue weighted by Gasteiger charge is -2.60. The number of phenolic OH excluding ortho intramolecular Hbond substituents is 1. The zero-order chi connectivity index (χ0) is 38.7. The number of hydrogen-bond donors (Lipinski definition) is 7. The molecule has 52 heavy (non-hydrogen) atoms. The molecule has 0 heterocycles. The second kappa shape index (κ2) is 13.0. The molecule has 0 radical (unpaired) electrons. The van der Waals surface area contributed by atoms with Gasteiger partial charge in [-0.1, -0.05) is 24.3 Å². The van der Waals surface area contributed by atoms with E-state index in [9.17, 15) is 39.6 Å². The SMILES string of the molecule is C=CC12C[C@]3(C=C)Cc4c(-c5ccc(OCC)c(CNC(=O)NC(C)(C)C)c5)ccc(O)c4C(O)=C3C(=O)[C@]1(O)C(O)=C(C(N)=O)C(=O)C2N(C)C. The summed E-state index contributed by atoms with van der Waals surface area (Å²) in [5, 5.41) is 52.7. The lowest BCUT2D eigenvalue weighted by Crippen LogP contribution is -2.73. The number of carbonyl (C=O) groups excluding carboxylic acids is 4. The molecule has 3 aliphatic rings. The van der Waals surface area contributed by atoms with Gasteiger partial charge in [-0.25, -0.2) is 4.79 Å². The van der Waals surface area contributed by atoms with Crippen molar-refractivity contribution in [2.75, 3.05) is 20.7 Å². The molecule has 0 aromatic heterocycles. The van der Waals surface area contributed by atoms with E-state index in [1.165, 1.54) is 37.2 Å². The monoisotopic (exact) mass is 714 g/mol. The molecule has 3 amide bonds. The lowest BCUT2D eigenvalue weighted by molar-refractivity contribution is -0.168. The van der Waals surface area contributed by atoms with Crippen LogP contribution in [0.3, 0.4) is 0 Å². The minimum atomic E-state index is -2.96. The van der Waals surface area contributed by atoms with E-state index in [2.05, 4.69) is 23.8 Å². The molecular weight excluding hydrogens is 668 g/mol. The second-order valence-corrected chi connectivity index (χ2v) is 14.8.